The van der Waals surface area contributed by atoms with Crippen LogP contribution in [-0.2, 0) is 10.0 Å². The average Bonchev–Trinajstić information content (AvgIpc) is 2.90. The highest BCUT2D eigenvalue weighted by Crippen LogP contribution is 2.39. The molecule has 0 atom stereocenters. The zero-order valence-electron chi connectivity index (χ0n) is 14.6. The van der Waals surface area contributed by atoms with Crippen molar-refractivity contribution in [2.75, 3.05) is 17.7 Å². The third-order valence-corrected chi connectivity index (χ3v) is 5.92. The standard InChI is InChI=1S/C19H22N2O2S2/c1-19(2)12-18(14-4-8-16(24-3)9-5-14)21(13-19)15-6-10-17(11-7-15)25(20,22)23/h4-12H,13H2,1-3H3,(H2,20,22,23). The van der Waals surface area contributed by atoms with Gasteiger partial charge in [-0.25, -0.2) is 13.6 Å². The molecule has 6 heteroatoms. The van der Waals surface area contributed by atoms with E-state index in [1.165, 1.54) is 4.90 Å². The molecule has 0 amide bonds. The van der Waals surface area contributed by atoms with Crippen molar-refractivity contribution in [3.05, 3.63) is 60.2 Å². The molecule has 0 bridgehead atoms. The van der Waals surface area contributed by atoms with E-state index in [1.54, 1.807) is 23.9 Å². The summed E-state index contributed by atoms with van der Waals surface area (Å²) in [5, 5.41) is 5.19. The molecule has 0 spiro atoms. The van der Waals surface area contributed by atoms with E-state index < -0.39 is 10.0 Å². The zero-order chi connectivity index (χ0) is 18.2. The fraction of sp³-hybridized carbons (Fsp3) is 0.263. The van der Waals surface area contributed by atoms with Crippen LogP contribution < -0.4 is 10.0 Å². The van der Waals surface area contributed by atoms with Crippen LogP contribution in [0.4, 0.5) is 5.69 Å². The van der Waals surface area contributed by atoms with Crippen LogP contribution in [0.5, 0.6) is 0 Å². The Bertz CT molecular complexity index is 899. The van der Waals surface area contributed by atoms with Crippen LogP contribution in [0.15, 0.2) is 64.4 Å². The van der Waals surface area contributed by atoms with Crippen LogP contribution in [0.3, 0.4) is 0 Å². The maximum Gasteiger partial charge on any atom is 0.238 e. The molecule has 132 valence electrons. The van der Waals surface area contributed by atoms with Gasteiger partial charge in [0.2, 0.25) is 10.0 Å². The van der Waals surface area contributed by atoms with Crippen LogP contribution in [0, 0.1) is 5.41 Å². The molecule has 0 aromatic heterocycles. The maximum absolute atomic E-state index is 11.5. The van der Waals surface area contributed by atoms with E-state index in [0.29, 0.717) is 0 Å². The first-order valence-electron chi connectivity index (χ1n) is 7.97. The van der Waals surface area contributed by atoms with Crippen molar-refractivity contribution in [2.24, 2.45) is 10.6 Å². The minimum absolute atomic E-state index is 0.0339. The van der Waals surface area contributed by atoms with Gasteiger partial charge in [-0.2, -0.15) is 0 Å². The van der Waals surface area contributed by atoms with Gasteiger partial charge in [0.25, 0.3) is 0 Å². The van der Waals surface area contributed by atoms with Crippen molar-refractivity contribution in [2.45, 2.75) is 23.6 Å². The van der Waals surface area contributed by atoms with Gasteiger partial charge in [-0.3, -0.25) is 0 Å². The van der Waals surface area contributed by atoms with E-state index in [2.05, 4.69) is 55.3 Å². The number of nitrogens with two attached hydrogens (primary N) is 1. The molecule has 25 heavy (non-hydrogen) atoms. The van der Waals surface area contributed by atoms with Gasteiger partial charge in [0.1, 0.15) is 0 Å². The molecule has 2 aromatic rings. The smallest absolute Gasteiger partial charge is 0.238 e. The van der Waals surface area contributed by atoms with E-state index in [1.807, 2.05) is 12.1 Å². The second-order valence-corrected chi connectivity index (χ2v) is 9.31. The van der Waals surface area contributed by atoms with E-state index in [0.717, 1.165) is 23.5 Å². The highest BCUT2D eigenvalue weighted by Gasteiger charge is 2.31. The third-order valence-electron chi connectivity index (χ3n) is 4.25. The predicted octanol–water partition coefficient (Wildman–Crippen LogP) is 3.94. The molecule has 1 heterocycles. The Morgan fingerprint density at radius 3 is 2.16 bits per heavy atom. The number of primary sulfonamides is 1. The molecule has 0 unspecified atom stereocenters. The van der Waals surface area contributed by atoms with Gasteiger partial charge in [0, 0.05) is 28.2 Å². The SMILES string of the molecule is CSc1ccc(C2=CC(C)(C)CN2c2ccc(S(N)(=O)=O)cc2)cc1. The molecule has 3 rings (SSSR count). The summed E-state index contributed by atoms with van der Waals surface area (Å²) in [6.07, 6.45) is 4.33. The largest absolute Gasteiger partial charge is 0.340 e. The van der Waals surface area contributed by atoms with Gasteiger partial charge in [0.15, 0.2) is 0 Å². The summed E-state index contributed by atoms with van der Waals surface area (Å²) in [6, 6.07) is 15.2. The van der Waals surface area contributed by atoms with Gasteiger partial charge < -0.3 is 4.90 Å². The van der Waals surface area contributed by atoms with Gasteiger partial charge in [0.05, 0.1) is 4.90 Å². The lowest BCUT2D eigenvalue weighted by Crippen LogP contribution is -2.24. The number of anilines is 1. The Hall–Kier alpha value is -1.76. The summed E-state index contributed by atoms with van der Waals surface area (Å²) < 4.78 is 22.9. The Morgan fingerprint density at radius 1 is 1.04 bits per heavy atom. The van der Waals surface area contributed by atoms with Crippen LogP contribution >= 0.6 is 11.8 Å². The molecular formula is C19H22N2O2S2. The van der Waals surface area contributed by atoms with E-state index >= 15 is 0 Å². The number of thioether (sulfide) groups is 1. The van der Waals surface area contributed by atoms with E-state index in [4.69, 9.17) is 5.14 Å². The van der Waals surface area contributed by atoms with Crippen molar-refractivity contribution >= 4 is 33.2 Å². The van der Waals surface area contributed by atoms with Crippen molar-refractivity contribution < 1.29 is 8.42 Å². The number of sulfonamides is 1. The molecule has 0 fully saturated rings. The second kappa shape index (κ2) is 6.52. The lowest BCUT2D eigenvalue weighted by Gasteiger charge is -2.25. The molecule has 2 aromatic carbocycles. The number of rotatable bonds is 4. The molecular weight excluding hydrogens is 352 g/mol. The summed E-state index contributed by atoms with van der Waals surface area (Å²) >= 11 is 1.72. The van der Waals surface area contributed by atoms with Gasteiger partial charge >= 0.3 is 0 Å². The molecule has 1 aliphatic rings. The summed E-state index contributed by atoms with van der Waals surface area (Å²) in [5.74, 6) is 0. The number of nitrogens with zero attached hydrogens (tertiary/aromatic N) is 1. The summed E-state index contributed by atoms with van der Waals surface area (Å²) in [5.41, 5.74) is 3.28. The highest BCUT2D eigenvalue weighted by atomic mass is 32.2. The molecule has 0 saturated heterocycles. The average molecular weight is 375 g/mol. The van der Waals surface area contributed by atoms with Crippen LogP contribution in [-0.4, -0.2) is 21.2 Å². The molecule has 0 aliphatic carbocycles. The van der Waals surface area contributed by atoms with E-state index in [9.17, 15) is 8.42 Å². The topological polar surface area (TPSA) is 63.4 Å². The Morgan fingerprint density at radius 2 is 1.64 bits per heavy atom. The number of benzene rings is 2. The monoisotopic (exact) mass is 374 g/mol. The minimum atomic E-state index is -3.67. The van der Waals surface area contributed by atoms with Gasteiger partial charge in [-0.1, -0.05) is 32.1 Å². The fourth-order valence-corrected chi connectivity index (χ4v) is 3.96. The molecule has 1 aliphatic heterocycles. The van der Waals surface area contributed by atoms with Crippen molar-refractivity contribution in [1.29, 1.82) is 0 Å². The molecule has 2 N–H and O–H groups in total. The van der Waals surface area contributed by atoms with Crippen molar-refractivity contribution in [1.82, 2.24) is 0 Å². The Labute approximate surface area is 153 Å². The maximum atomic E-state index is 11.5. The predicted molar refractivity (Wildman–Crippen MR) is 105 cm³/mol. The number of hydrogen-bond acceptors (Lipinski definition) is 4. The fourth-order valence-electron chi connectivity index (χ4n) is 3.03. The summed E-state index contributed by atoms with van der Waals surface area (Å²) in [7, 11) is -3.67. The van der Waals surface area contributed by atoms with Gasteiger partial charge in [-0.05, 0) is 48.2 Å². The zero-order valence-corrected chi connectivity index (χ0v) is 16.2. The lowest BCUT2D eigenvalue weighted by molar-refractivity contribution is 0.516. The first-order chi connectivity index (χ1) is 11.7. The molecule has 4 nitrogen and oxygen atoms in total. The highest BCUT2D eigenvalue weighted by molar-refractivity contribution is 7.98. The number of hydrogen-bond donors (Lipinski definition) is 1. The molecule has 0 radical (unpaired) electrons. The summed E-state index contributed by atoms with van der Waals surface area (Å²) in [4.78, 5) is 3.58. The molecule has 0 saturated carbocycles. The van der Waals surface area contributed by atoms with Crippen molar-refractivity contribution in [3.63, 3.8) is 0 Å². The van der Waals surface area contributed by atoms with Crippen LogP contribution in [0.1, 0.15) is 19.4 Å². The normalized spacial score (nSPS) is 16.8. The quantitative estimate of drug-likeness (QED) is 0.823. The third kappa shape index (κ3) is 3.92. The summed E-state index contributed by atoms with van der Waals surface area (Å²) in [6.45, 7) is 5.23. The first kappa shape index (κ1) is 18.0. The minimum Gasteiger partial charge on any atom is -0.340 e. The lowest BCUT2D eigenvalue weighted by atomic mass is 9.95. The van der Waals surface area contributed by atoms with Crippen LogP contribution in [0.25, 0.3) is 5.70 Å². The Balaban J connectivity index is 1.98. The van der Waals surface area contributed by atoms with Crippen LogP contribution in [0.2, 0.25) is 0 Å². The van der Waals surface area contributed by atoms with E-state index in [-0.39, 0.29) is 10.3 Å². The Kier molecular flexibility index (Phi) is 4.70. The first-order valence-corrected chi connectivity index (χ1v) is 10.7. The van der Waals surface area contributed by atoms with Gasteiger partial charge in [-0.15, -0.1) is 11.8 Å². The van der Waals surface area contributed by atoms with Crippen molar-refractivity contribution in [3.8, 4) is 0 Å². The second-order valence-electron chi connectivity index (χ2n) is 6.87.